The zero-order valence-electron chi connectivity index (χ0n) is 23.7. The number of nitrogens with zero attached hydrogens (tertiary/aromatic N) is 3. The minimum Gasteiger partial charge on any atom is -0.469 e. The van der Waals surface area contributed by atoms with Crippen LogP contribution in [-0.4, -0.2) is 40.6 Å². The summed E-state index contributed by atoms with van der Waals surface area (Å²) in [5.41, 5.74) is 3.50. The van der Waals surface area contributed by atoms with Crippen LogP contribution in [0, 0.1) is 26.7 Å². The molecule has 1 saturated heterocycles. The molecule has 1 aliphatic heterocycles. The van der Waals surface area contributed by atoms with Crippen molar-refractivity contribution >= 4 is 5.91 Å². The van der Waals surface area contributed by atoms with Gasteiger partial charge in [-0.25, -0.2) is 4.98 Å². The van der Waals surface area contributed by atoms with Crippen molar-refractivity contribution in [2.45, 2.75) is 52.8 Å². The third kappa shape index (κ3) is 7.36. The summed E-state index contributed by atoms with van der Waals surface area (Å²) < 4.78 is 46.8. The maximum Gasteiger partial charge on any atom is 0.416 e. The molecule has 218 valence electrons. The maximum atomic E-state index is 13.2. The first-order valence-corrected chi connectivity index (χ1v) is 13.6. The van der Waals surface area contributed by atoms with Gasteiger partial charge < -0.3 is 15.0 Å². The second kappa shape index (κ2) is 12.6. The maximum absolute atomic E-state index is 13.2. The number of halogens is 3. The van der Waals surface area contributed by atoms with Gasteiger partial charge >= 0.3 is 6.18 Å². The lowest BCUT2D eigenvalue weighted by atomic mass is 9.86. The number of hydrogen-bond acceptors (Lipinski definition) is 5. The van der Waals surface area contributed by atoms with E-state index in [1.807, 2.05) is 39.0 Å². The molecule has 1 aromatic carbocycles. The lowest BCUT2D eigenvalue weighted by Crippen LogP contribution is -2.38. The summed E-state index contributed by atoms with van der Waals surface area (Å²) in [5, 5.41) is 12.8. The minimum atomic E-state index is -4.40. The van der Waals surface area contributed by atoms with Crippen LogP contribution in [0.1, 0.15) is 64.3 Å². The Kier molecular flexibility index (Phi) is 9.20. The van der Waals surface area contributed by atoms with Gasteiger partial charge in [-0.05, 0) is 69.0 Å². The molecule has 7 nitrogen and oxygen atoms in total. The van der Waals surface area contributed by atoms with Crippen molar-refractivity contribution in [2.24, 2.45) is 5.92 Å². The molecular weight excluding hydrogens is 533 g/mol. The Balaban J connectivity index is 1.41. The van der Waals surface area contributed by atoms with E-state index >= 15 is 0 Å². The van der Waals surface area contributed by atoms with E-state index in [2.05, 4.69) is 15.2 Å². The Morgan fingerprint density at radius 2 is 1.83 bits per heavy atom. The van der Waals surface area contributed by atoms with E-state index in [0.29, 0.717) is 29.2 Å². The van der Waals surface area contributed by atoms with E-state index in [-0.39, 0.29) is 11.8 Å². The molecule has 1 fully saturated rings. The first-order chi connectivity index (χ1) is 19.4. The molecule has 4 rings (SSSR count). The van der Waals surface area contributed by atoms with Gasteiger partial charge in [0.2, 0.25) is 17.8 Å². The zero-order valence-corrected chi connectivity index (χ0v) is 23.7. The van der Waals surface area contributed by atoms with Crippen molar-refractivity contribution in [2.75, 3.05) is 19.6 Å². The largest absolute Gasteiger partial charge is 0.469 e. The van der Waals surface area contributed by atoms with E-state index in [1.165, 1.54) is 18.3 Å². The zero-order chi connectivity index (χ0) is 29.7. The van der Waals surface area contributed by atoms with Crippen LogP contribution in [0.4, 0.5) is 13.2 Å². The monoisotopic (exact) mass is 569 g/mol. The highest BCUT2D eigenvalue weighted by atomic mass is 19.4. The van der Waals surface area contributed by atoms with E-state index < -0.39 is 17.8 Å². The van der Waals surface area contributed by atoms with Gasteiger partial charge in [-0.15, -0.1) is 0 Å². The van der Waals surface area contributed by atoms with Gasteiger partial charge in [0, 0.05) is 60.7 Å². The van der Waals surface area contributed by atoms with Crippen molar-refractivity contribution in [1.82, 2.24) is 15.2 Å². The fourth-order valence-corrected chi connectivity index (χ4v) is 5.20. The third-order valence-electron chi connectivity index (χ3n) is 7.60. The van der Waals surface area contributed by atoms with Crippen molar-refractivity contribution < 1.29 is 32.6 Å². The SMILES string of the molecule is C/C(=C\CNC(=O)c1c(C)cc[n+](O)c1C)N1CCC(C(Oc2cccc(C)n2)c2ccc(C(F)(F)F)cc2)CC1. The number of aryl methyl sites for hydroxylation is 2. The average Bonchev–Trinajstić information content (AvgIpc) is 2.94. The first kappa shape index (κ1) is 29.9. The Morgan fingerprint density at radius 3 is 2.46 bits per heavy atom. The molecule has 3 heterocycles. The van der Waals surface area contributed by atoms with Gasteiger partial charge in [0.15, 0.2) is 0 Å². The quantitative estimate of drug-likeness (QED) is 0.268. The molecule has 0 bridgehead atoms. The highest BCUT2D eigenvalue weighted by Crippen LogP contribution is 2.37. The third-order valence-corrected chi connectivity index (χ3v) is 7.60. The molecule has 1 aliphatic rings. The highest BCUT2D eigenvalue weighted by Gasteiger charge is 2.33. The summed E-state index contributed by atoms with van der Waals surface area (Å²) in [5.74, 6) is 0.263. The number of allylic oxidation sites excluding steroid dienone is 1. The molecule has 1 atom stereocenters. The van der Waals surface area contributed by atoms with Crippen molar-refractivity contribution in [3.05, 3.63) is 100 Å². The Bertz CT molecular complexity index is 1400. The molecule has 1 unspecified atom stereocenters. The summed E-state index contributed by atoms with van der Waals surface area (Å²) in [4.78, 5) is 19.4. The number of piperidine rings is 1. The van der Waals surface area contributed by atoms with Crippen LogP contribution in [0.25, 0.3) is 0 Å². The van der Waals surface area contributed by atoms with Crippen LogP contribution in [-0.2, 0) is 6.18 Å². The Hall–Kier alpha value is -4.08. The van der Waals surface area contributed by atoms with Crippen LogP contribution in [0.15, 0.2) is 66.5 Å². The molecule has 2 aromatic heterocycles. The summed E-state index contributed by atoms with van der Waals surface area (Å²) >= 11 is 0. The lowest BCUT2D eigenvalue weighted by Gasteiger charge is -2.37. The summed E-state index contributed by atoms with van der Waals surface area (Å²) in [6.07, 6.45) is 0.158. The molecule has 0 spiro atoms. The number of nitrogens with one attached hydrogen (secondary N) is 1. The normalized spacial score (nSPS) is 15.5. The standard InChI is InChI=1S/C31H35F3N4O3/c1-20-13-19-38(40)23(4)28(20)30(39)35-16-12-22(3)37-17-14-25(15-18-37)29(41-27-7-5-6-21(2)36-27)24-8-10-26(11-9-24)31(32,33)34/h5-13,19,25,29H,14-18H2,1-4H3,(H-,35,39,40)/p+1/b22-12+. The molecule has 41 heavy (non-hydrogen) atoms. The summed E-state index contributed by atoms with van der Waals surface area (Å²) in [6.45, 7) is 9.18. The number of pyridine rings is 2. The van der Waals surface area contributed by atoms with E-state index in [9.17, 15) is 23.2 Å². The summed E-state index contributed by atoms with van der Waals surface area (Å²) in [7, 11) is 0. The number of carbonyl (C=O) groups is 1. The van der Waals surface area contributed by atoms with Gasteiger partial charge in [0.1, 0.15) is 11.7 Å². The number of benzene rings is 1. The van der Waals surface area contributed by atoms with Crippen LogP contribution >= 0.6 is 0 Å². The number of likely N-dealkylation sites (tertiary alicyclic amines) is 1. The minimum absolute atomic E-state index is 0.0759. The smallest absolute Gasteiger partial charge is 0.416 e. The van der Waals surface area contributed by atoms with Gasteiger partial charge in [-0.1, -0.05) is 18.2 Å². The molecule has 0 saturated carbocycles. The number of hydrogen-bond donors (Lipinski definition) is 2. The lowest BCUT2D eigenvalue weighted by molar-refractivity contribution is -0.908. The van der Waals surface area contributed by atoms with Crippen LogP contribution in [0.5, 0.6) is 5.88 Å². The topological polar surface area (TPSA) is 78.6 Å². The van der Waals surface area contributed by atoms with E-state index in [0.717, 1.165) is 59.7 Å². The summed E-state index contributed by atoms with van der Waals surface area (Å²) in [6, 6.07) is 12.4. The number of rotatable bonds is 8. The number of ether oxygens (including phenoxy) is 1. The van der Waals surface area contributed by atoms with Crippen molar-refractivity contribution in [3.8, 4) is 5.88 Å². The molecule has 1 amide bonds. The number of amides is 1. The Morgan fingerprint density at radius 1 is 1.15 bits per heavy atom. The second-order valence-corrected chi connectivity index (χ2v) is 10.5. The van der Waals surface area contributed by atoms with E-state index in [1.54, 1.807) is 19.1 Å². The van der Waals surface area contributed by atoms with E-state index in [4.69, 9.17) is 4.74 Å². The van der Waals surface area contributed by atoms with Gasteiger partial charge in [0.05, 0.1) is 5.56 Å². The molecule has 10 heteroatoms. The van der Waals surface area contributed by atoms with Crippen molar-refractivity contribution in [3.63, 3.8) is 0 Å². The number of aromatic nitrogens is 2. The molecular formula is C31H36F3N4O3+. The van der Waals surface area contributed by atoms with Gasteiger partial charge in [-0.2, -0.15) is 13.2 Å². The second-order valence-electron chi connectivity index (χ2n) is 10.5. The van der Waals surface area contributed by atoms with Crippen LogP contribution in [0.3, 0.4) is 0 Å². The van der Waals surface area contributed by atoms with Gasteiger partial charge in [-0.3, -0.25) is 10.0 Å². The predicted molar refractivity (Wildman–Crippen MR) is 147 cm³/mol. The van der Waals surface area contributed by atoms with Gasteiger partial charge in [0.25, 0.3) is 5.91 Å². The molecule has 3 aromatic rings. The molecule has 0 aliphatic carbocycles. The Labute approximate surface area is 238 Å². The molecule has 2 N–H and O–H groups in total. The first-order valence-electron chi connectivity index (χ1n) is 13.6. The number of carbonyl (C=O) groups excluding carboxylic acids is 1. The van der Waals surface area contributed by atoms with Crippen LogP contribution < -0.4 is 14.8 Å². The average molecular weight is 570 g/mol. The predicted octanol–water partition coefficient (Wildman–Crippen LogP) is 5.72. The van der Waals surface area contributed by atoms with Crippen molar-refractivity contribution in [1.29, 1.82) is 0 Å². The fourth-order valence-electron chi connectivity index (χ4n) is 5.20. The molecule has 0 radical (unpaired) electrons. The fraction of sp³-hybridized carbons (Fsp3) is 0.387. The number of alkyl halides is 3. The highest BCUT2D eigenvalue weighted by molar-refractivity contribution is 5.96. The van der Waals surface area contributed by atoms with Crippen LogP contribution in [0.2, 0.25) is 0 Å².